The van der Waals surface area contributed by atoms with Crippen molar-refractivity contribution in [2.45, 2.75) is 31.9 Å². The van der Waals surface area contributed by atoms with Crippen LogP contribution in [0.15, 0.2) is 54.6 Å². The standard InChI is InChI=1S/C26H35N3O7/c1-26(2,21-10-8-20(9-11-21)19-6-4-3-5-7-19)36-25(33)29-22(24(31)32)18-23(30)28-13-15-35-17-16-34-14-12-27/h3-11,22H,12-18,27H2,1-2H3,(H,28,30)(H,29,33)(H,31,32). The second kappa shape index (κ2) is 14.8. The minimum Gasteiger partial charge on any atom is -0.480 e. The number of aliphatic carboxylic acids is 1. The molecule has 2 amide bonds. The molecule has 10 nitrogen and oxygen atoms in total. The van der Waals surface area contributed by atoms with Crippen molar-refractivity contribution in [1.29, 1.82) is 0 Å². The fourth-order valence-corrected chi connectivity index (χ4v) is 3.28. The van der Waals surface area contributed by atoms with Crippen LogP contribution in [0.5, 0.6) is 0 Å². The molecule has 0 spiro atoms. The summed E-state index contributed by atoms with van der Waals surface area (Å²) in [5.74, 6) is -1.89. The van der Waals surface area contributed by atoms with Crippen LogP contribution in [-0.2, 0) is 29.4 Å². The van der Waals surface area contributed by atoms with Crippen molar-refractivity contribution in [2.24, 2.45) is 5.73 Å². The van der Waals surface area contributed by atoms with Crippen molar-refractivity contribution < 1.29 is 33.7 Å². The van der Waals surface area contributed by atoms with E-state index in [2.05, 4.69) is 10.6 Å². The molecule has 0 aromatic heterocycles. The van der Waals surface area contributed by atoms with Gasteiger partial charge < -0.3 is 35.7 Å². The number of amides is 2. The number of benzene rings is 2. The van der Waals surface area contributed by atoms with Gasteiger partial charge in [0.2, 0.25) is 5.91 Å². The molecule has 1 unspecified atom stereocenters. The molecule has 0 fully saturated rings. The first-order chi connectivity index (χ1) is 17.2. The lowest BCUT2D eigenvalue weighted by atomic mass is 9.95. The zero-order valence-corrected chi connectivity index (χ0v) is 20.7. The molecule has 2 rings (SSSR count). The van der Waals surface area contributed by atoms with Crippen LogP contribution in [0.1, 0.15) is 25.8 Å². The van der Waals surface area contributed by atoms with Gasteiger partial charge in [0.1, 0.15) is 11.6 Å². The summed E-state index contributed by atoms with van der Waals surface area (Å²) in [4.78, 5) is 36.1. The van der Waals surface area contributed by atoms with Crippen LogP contribution in [0.4, 0.5) is 4.79 Å². The first-order valence-electron chi connectivity index (χ1n) is 11.7. The van der Waals surface area contributed by atoms with E-state index in [1.54, 1.807) is 13.8 Å². The third-order valence-corrected chi connectivity index (χ3v) is 5.22. The fraction of sp³-hybridized carbons (Fsp3) is 0.423. The van der Waals surface area contributed by atoms with Gasteiger partial charge in [0.25, 0.3) is 0 Å². The highest BCUT2D eigenvalue weighted by Crippen LogP contribution is 2.28. The minimum absolute atomic E-state index is 0.193. The number of nitrogens with one attached hydrogen (secondary N) is 2. The van der Waals surface area contributed by atoms with Gasteiger partial charge >= 0.3 is 12.1 Å². The first-order valence-corrected chi connectivity index (χ1v) is 11.7. The van der Waals surface area contributed by atoms with Crippen molar-refractivity contribution in [1.82, 2.24) is 10.6 Å². The maximum Gasteiger partial charge on any atom is 0.408 e. The van der Waals surface area contributed by atoms with E-state index in [-0.39, 0.29) is 13.2 Å². The molecule has 0 bridgehead atoms. The molecule has 1 atom stereocenters. The van der Waals surface area contributed by atoms with Crippen molar-refractivity contribution in [3.63, 3.8) is 0 Å². The molecule has 0 aliphatic carbocycles. The SMILES string of the molecule is CC(C)(OC(=O)NC(CC(=O)NCCOCCOCCN)C(=O)O)c1ccc(-c2ccccc2)cc1. The van der Waals surface area contributed by atoms with Gasteiger partial charge in [-0.05, 0) is 30.5 Å². The molecule has 0 saturated heterocycles. The first kappa shape index (κ1) is 28.8. The maximum absolute atomic E-state index is 12.5. The summed E-state index contributed by atoms with van der Waals surface area (Å²) in [5.41, 5.74) is 7.08. The number of carboxylic acids is 1. The van der Waals surface area contributed by atoms with Gasteiger partial charge in [-0.3, -0.25) is 4.79 Å². The Morgan fingerprint density at radius 3 is 2.14 bits per heavy atom. The summed E-state index contributed by atoms with van der Waals surface area (Å²) in [6.07, 6.45) is -1.39. The molecule has 0 saturated carbocycles. The minimum atomic E-state index is -1.45. The Balaban J connectivity index is 1.81. The third-order valence-electron chi connectivity index (χ3n) is 5.22. The quantitative estimate of drug-likeness (QED) is 0.272. The van der Waals surface area contributed by atoms with Crippen LogP contribution >= 0.6 is 0 Å². The van der Waals surface area contributed by atoms with Gasteiger partial charge in [-0.1, -0.05) is 54.6 Å². The van der Waals surface area contributed by atoms with Crippen molar-refractivity contribution in [2.75, 3.05) is 39.5 Å². The number of carbonyl (C=O) groups is 3. The Kier molecular flexibility index (Phi) is 11.8. The van der Waals surface area contributed by atoms with Gasteiger partial charge in [0, 0.05) is 13.1 Å². The van der Waals surface area contributed by atoms with Crippen LogP contribution in [0.25, 0.3) is 11.1 Å². The molecule has 5 N–H and O–H groups in total. The van der Waals surface area contributed by atoms with Gasteiger partial charge in [-0.15, -0.1) is 0 Å². The number of hydrogen-bond donors (Lipinski definition) is 4. The number of ether oxygens (including phenoxy) is 3. The number of rotatable bonds is 15. The summed E-state index contributed by atoms with van der Waals surface area (Å²) in [5, 5.41) is 14.3. The number of hydrogen-bond acceptors (Lipinski definition) is 7. The predicted octanol–water partition coefficient (Wildman–Crippen LogP) is 2.27. The lowest BCUT2D eigenvalue weighted by Crippen LogP contribution is -2.46. The molecule has 0 aliphatic heterocycles. The Morgan fingerprint density at radius 2 is 1.53 bits per heavy atom. The topological polar surface area (TPSA) is 149 Å². The predicted molar refractivity (Wildman–Crippen MR) is 134 cm³/mol. The fourth-order valence-electron chi connectivity index (χ4n) is 3.28. The highest BCUT2D eigenvalue weighted by molar-refractivity contribution is 5.87. The lowest BCUT2D eigenvalue weighted by Gasteiger charge is -2.27. The summed E-state index contributed by atoms with van der Waals surface area (Å²) in [6.45, 7) is 5.46. The van der Waals surface area contributed by atoms with Crippen LogP contribution < -0.4 is 16.4 Å². The molecule has 0 radical (unpaired) electrons. The maximum atomic E-state index is 12.5. The third kappa shape index (κ3) is 10.0. The van der Waals surface area contributed by atoms with Crippen LogP contribution in [0.2, 0.25) is 0 Å². The zero-order chi connectivity index (χ0) is 26.4. The smallest absolute Gasteiger partial charge is 0.408 e. The molecule has 2 aromatic rings. The van der Waals surface area contributed by atoms with Crippen molar-refractivity contribution in [3.8, 4) is 11.1 Å². The van der Waals surface area contributed by atoms with E-state index >= 15 is 0 Å². The number of carboxylic acid groups (broad SMARTS) is 1. The van der Waals surface area contributed by atoms with Crippen molar-refractivity contribution >= 4 is 18.0 Å². The molecule has 36 heavy (non-hydrogen) atoms. The largest absolute Gasteiger partial charge is 0.480 e. The van der Waals surface area contributed by atoms with E-state index in [0.29, 0.717) is 26.4 Å². The number of alkyl carbamates (subject to hydrolysis) is 1. The Bertz CT molecular complexity index is 965. The van der Waals surface area contributed by atoms with E-state index in [4.69, 9.17) is 19.9 Å². The van der Waals surface area contributed by atoms with Crippen molar-refractivity contribution in [3.05, 3.63) is 60.2 Å². The second-order valence-corrected chi connectivity index (χ2v) is 8.45. The molecule has 196 valence electrons. The molecular weight excluding hydrogens is 466 g/mol. The normalized spacial score (nSPS) is 12.0. The number of carbonyl (C=O) groups excluding carboxylic acids is 2. The van der Waals surface area contributed by atoms with Gasteiger partial charge in [0.05, 0.1) is 32.8 Å². The summed E-state index contributed by atoms with van der Waals surface area (Å²) < 4.78 is 15.9. The lowest BCUT2D eigenvalue weighted by molar-refractivity contribution is -0.141. The summed E-state index contributed by atoms with van der Waals surface area (Å²) in [7, 11) is 0. The summed E-state index contributed by atoms with van der Waals surface area (Å²) >= 11 is 0. The van der Waals surface area contributed by atoms with E-state index < -0.39 is 36.0 Å². The average molecular weight is 502 g/mol. The van der Waals surface area contributed by atoms with Gasteiger partial charge in [0.15, 0.2) is 0 Å². The van der Waals surface area contributed by atoms with Crippen LogP contribution in [0, 0.1) is 0 Å². The summed E-state index contributed by atoms with van der Waals surface area (Å²) in [6, 6.07) is 16.0. The monoisotopic (exact) mass is 501 g/mol. The Hall–Kier alpha value is -3.47. The van der Waals surface area contributed by atoms with E-state index in [9.17, 15) is 19.5 Å². The Morgan fingerprint density at radius 1 is 0.917 bits per heavy atom. The highest BCUT2D eigenvalue weighted by atomic mass is 16.6. The molecule has 2 aromatic carbocycles. The Labute approximate surface area is 211 Å². The van der Waals surface area contributed by atoms with Gasteiger partial charge in [-0.2, -0.15) is 0 Å². The van der Waals surface area contributed by atoms with E-state index in [0.717, 1.165) is 16.7 Å². The molecule has 10 heteroatoms. The van der Waals surface area contributed by atoms with Gasteiger partial charge in [-0.25, -0.2) is 9.59 Å². The second-order valence-electron chi connectivity index (χ2n) is 8.45. The zero-order valence-electron chi connectivity index (χ0n) is 20.7. The molecular formula is C26H35N3O7. The van der Waals surface area contributed by atoms with Crippen LogP contribution in [-0.4, -0.2) is 68.6 Å². The molecule has 0 heterocycles. The molecule has 0 aliphatic rings. The van der Waals surface area contributed by atoms with Crippen LogP contribution in [0.3, 0.4) is 0 Å². The number of nitrogens with two attached hydrogens (primary N) is 1. The van der Waals surface area contributed by atoms with E-state index in [1.807, 2.05) is 54.6 Å². The average Bonchev–Trinajstić information content (AvgIpc) is 2.85. The van der Waals surface area contributed by atoms with E-state index in [1.165, 1.54) is 0 Å². The highest BCUT2D eigenvalue weighted by Gasteiger charge is 2.29.